The van der Waals surface area contributed by atoms with Crippen LogP contribution in [0.15, 0.2) is 0 Å². The Morgan fingerprint density at radius 2 is 1.82 bits per heavy atom. The third-order valence-corrected chi connectivity index (χ3v) is 3.07. The molecule has 0 aromatic rings. The average Bonchev–Trinajstić information content (AvgIpc) is 2.23. The Kier molecular flexibility index (Phi) is 8.17. The van der Waals surface area contributed by atoms with Crippen LogP contribution in [0.1, 0.15) is 41.0 Å². The summed E-state index contributed by atoms with van der Waals surface area (Å²) in [5, 5.41) is 11.8. The van der Waals surface area contributed by atoms with Crippen molar-refractivity contribution in [2.45, 2.75) is 53.1 Å². The van der Waals surface area contributed by atoms with Gasteiger partial charge in [0.2, 0.25) is 5.91 Å². The molecule has 0 saturated heterocycles. The van der Waals surface area contributed by atoms with Crippen molar-refractivity contribution in [3.8, 4) is 0 Å². The summed E-state index contributed by atoms with van der Waals surface area (Å²) in [7, 11) is 0. The molecule has 0 heterocycles. The molecule has 0 spiro atoms. The molecule has 0 radical (unpaired) electrons. The maximum atomic E-state index is 11.8. The number of aliphatic hydroxyl groups excluding tert-OH is 1. The van der Waals surface area contributed by atoms with E-state index >= 15 is 0 Å². The van der Waals surface area contributed by atoms with Gasteiger partial charge in [0, 0.05) is 25.2 Å². The van der Waals surface area contributed by atoms with Crippen LogP contribution in [-0.2, 0) is 4.79 Å². The zero-order valence-corrected chi connectivity index (χ0v) is 11.9. The Labute approximate surface area is 105 Å². The van der Waals surface area contributed by atoms with Crippen LogP contribution in [0.5, 0.6) is 0 Å². The molecule has 102 valence electrons. The molecule has 0 bridgehead atoms. The number of hydrogen-bond acceptors (Lipinski definition) is 3. The summed E-state index contributed by atoms with van der Waals surface area (Å²) in [6.07, 6.45) is 0.713. The highest BCUT2D eigenvalue weighted by Crippen LogP contribution is 2.02. The molecule has 0 aliphatic heterocycles. The van der Waals surface area contributed by atoms with Crippen molar-refractivity contribution in [2.75, 3.05) is 19.7 Å². The Balaban J connectivity index is 4.12. The smallest absolute Gasteiger partial charge is 0.234 e. The lowest BCUT2D eigenvalue weighted by Gasteiger charge is -2.27. The van der Waals surface area contributed by atoms with Crippen molar-refractivity contribution < 1.29 is 9.90 Å². The summed E-state index contributed by atoms with van der Waals surface area (Å²) in [5.74, 6) is 0.515. The molecule has 0 aliphatic rings. The van der Waals surface area contributed by atoms with E-state index in [2.05, 4.69) is 37.9 Å². The highest BCUT2D eigenvalue weighted by atomic mass is 16.3. The lowest BCUT2D eigenvalue weighted by molar-refractivity contribution is -0.123. The van der Waals surface area contributed by atoms with Crippen LogP contribution in [0.3, 0.4) is 0 Å². The normalized spacial score (nSPS) is 13.5. The number of carbonyl (C=O) groups is 1. The molecule has 2 N–H and O–H groups in total. The topological polar surface area (TPSA) is 52.6 Å². The van der Waals surface area contributed by atoms with E-state index in [1.807, 2.05) is 6.92 Å². The van der Waals surface area contributed by atoms with Gasteiger partial charge in [0.1, 0.15) is 0 Å². The number of nitrogens with zero attached hydrogens (tertiary/aromatic N) is 1. The summed E-state index contributed by atoms with van der Waals surface area (Å²) in [4.78, 5) is 13.9. The van der Waals surface area contributed by atoms with Gasteiger partial charge in [-0.15, -0.1) is 0 Å². The largest absolute Gasteiger partial charge is 0.396 e. The highest BCUT2D eigenvalue weighted by molar-refractivity contribution is 5.78. The zero-order chi connectivity index (χ0) is 13.4. The van der Waals surface area contributed by atoms with Crippen molar-refractivity contribution >= 4 is 5.91 Å². The van der Waals surface area contributed by atoms with Gasteiger partial charge in [0.05, 0.1) is 6.54 Å². The molecular formula is C13H28N2O2. The van der Waals surface area contributed by atoms with Gasteiger partial charge >= 0.3 is 0 Å². The molecule has 0 aliphatic carbocycles. The first-order chi connectivity index (χ1) is 7.88. The van der Waals surface area contributed by atoms with Gasteiger partial charge in [0.15, 0.2) is 0 Å². The van der Waals surface area contributed by atoms with Gasteiger partial charge in [-0.2, -0.15) is 0 Å². The van der Waals surface area contributed by atoms with E-state index in [1.165, 1.54) is 0 Å². The first kappa shape index (κ1) is 16.4. The van der Waals surface area contributed by atoms with Crippen molar-refractivity contribution in [3.05, 3.63) is 0 Å². The Bertz CT molecular complexity index is 217. The van der Waals surface area contributed by atoms with Crippen molar-refractivity contribution in [2.24, 2.45) is 5.92 Å². The first-order valence-electron chi connectivity index (χ1n) is 6.52. The maximum Gasteiger partial charge on any atom is 0.234 e. The number of amides is 1. The standard InChI is InChI=1S/C13H28N2O2/c1-10(2)12(5)14-13(17)9-15(11(3)4)7-6-8-16/h10-12,16H,6-9H2,1-5H3,(H,14,17). The van der Waals surface area contributed by atoms with E-state index in [0.717, 1.165) is 6.54 Å². The van der Waals surface area contributed by atoms with Gasteiger partial charge in [-0.05, 0) is 33.1 Å². The second kappa shape index (κ2) is 8.48. The fraction of sp³-hybridized carbons (Fsp3) is 0.923. The Hall–Kier alpha value is -0.610. The van der Waals surface area contributed by atoms with E-state index in [0.29, 0.717) is 24.9 Å². The molecule has 1 amide bonds. The maximum absolute atomic E-state index is 11.8. The number of aliphatic hydroxyl groups is 1. The summed E-state index contributed by atoms with van der Waals surface area (Å²) < 4.78 is 0. The van der Waals surface area contributed by atoms with Crippen molar-refractivity contribution in [1.29, 1.82) is 0 Å². The third kappa shape index (κ3) is 7.34. The number of rotatable bonds is 8. The molecule has 17 heavy (non-hydrogen) atoms. The van der Waals surface area contributed by atoms with E-state index in [4.69, 9.17) is 5.11 Å². The molecule has 1 atom stereocenters. The Morgan fingerprint density at radius 3 is 2.24 bits per heavy atom. The summed E-state index contributed by atoms with van der Waals surface area (Å²) >= 11 is 0. The van der Waals surface area contributed by atoms with Crippen LogP contribution >= 0.6 is 0 Å². The lowest BCUT2D eigenvalue weighted by atomic mass is 10.1. The van der Waals surface area contributed by atoms with E-state index in [-0.39, 0.29) is 18.6 Å². The summed E-state index contributed by atoms with van der Waals surface area (Å²) in [6, 6.07) is 0.524. The number of hydrogen-bond donors (Lipinski definition) is 2. The van der Waals surface area contributed by atoms with Crippen LogP contribution in [0, 0.1) is 5.92 Å². The van der Waals surface area contributed by atoms with E-state index in [9.17, 15) is 4.79 Å². The van der Waals surface area contributed by atoms with E-state index in [1.54, 1.807) is 0 Å². The molecule has 0 rings (SSSR count). The molecular weight excluding hydrogens is 216 g/mol. The average molecular weight is 244 g/mol. The van der Waals surface area contributed by atoms with Crippen LogP contribution in [0.4, 0.5) is 0 Å². The van der Waals surface area contributed by atoms with Gasteiger partial charge in [-0.1, -0.05) is 13.8 Å². The molecule has 4 nitrogen and oxygen atoms in total. The lowest BCUT2D eigenvalue weighted by Crippen LogP contribution is -2.45. The van der Waals surface area contributed by atoms with Gasteiger partial charge < -0.3 is 10.4 Å². The molecule has 0 fully saturated rings. The predicted molar refractivity (Wildman–Crippen MR) is 70.9 cm³/mol. The zero-order valence-electron chi connectivity index (χ0n) is 11.9. The minimum Gasteiger partial charge on any atom is -0.396 e. The van der Waals surface area contributed by atoms with Crippen LogP contribution in [-0.4, -0.2) is 47.7 Å². The van der Waals surface area contributed by atoms with Crippen molar-refractivity contribution in [3.63, 3.8) is 0 Å². The second-order valence-corrected chi connectivity index (χ2v) is 5.24. The number of nitrogens with one attached hydrogen (secondary N) is 1. The summed E-state index contributed by atoms with van der Waals surface area (Å²) in [5.41, 5.74) is 0. The Morgan fingerprint density at radius 1 is 1.24 bits per heavy atom. The minimum absolute atomic E-state index is 0.0674. The minimum atomic E-state index is 0.0674. The number of carbonyl (C=O) groups excluding carboxylic acids is 1. The van der Waals surface area contributed by atoms with Gasteiger partial charge in [0.25, 0.3) is 0 Å². The fourth-order valence-corrected chi connectivity index (χ4v) is 1.44. The fourth-order valence-electron chi connectivity index (χ4n) is 1.44. The summed E-state index contributed by atoms with van der Waals surface area (Å²) in [6.45, 7) is 11.7. The molecule has 1 unspecified atom stereocenters. The quantitative estimate of drug-likeness (QED) is 0.675. The molecule has 0 aromatic carbocycles. The third-order valence-electron chi connectivity index (χ3n) is 3.07. The van der Waals surface area contributed by atoms with Gasteiger partial charge in [-0.3, -0.25) is 9.69 Å². The monoisotopic (exact) mass is 244 g/mol. The van der Waals surface area contributed by atoms with Crippen molar-refractivity contribution in [1.82, 2.24) is 10.2 Å². The molecule has 0 aromatic heterocycles. The second-order valence-electron chi connectivity index (χ2n) is 5.24. The van der Waals surface area contributed by atoms with Crippen LogP contribution < -0.4 is 5.32 Å². The SMILES string of the molecule is CC(C)C(C)NC(=O)CN(CCCO)C(C)C. The van der Waals surface area contributed by atoms with Gasteiger partial charge in [-0.25, -0.2) is 0 Å². The molecule has 4 heteroatoms. The molecule has 0 saturated carbocycles. The predicted octanol–water partition coefficient (Wildman–Crippen LogP) is 1.24. The first-order valence-corrected chi connectivity index (χ1v) is 6.52. The highest BCUT2D eigenvalue weighted by Gasteiger charge is 2.16. The van der Waals surface area contributed by atoms with Crippen LogP contribution in [0.2, 0.25) is 0 Å². The van der Waals surface area contributed by atoms with E-state index < -0.39 is 0 Å². The van der Waals surface area contributed by atoms with Crippen LogP contribution in [0.25, 0.3) is 0 Å².